The van der Waals surface area contributed by atoms with Crippen LogP contribution in [0.25, 0.3) is 0 Å². The van der Waals surface area contributed by atoms with E-state index in [0.717, 1.165) is 30.6 Å². The zero-order valence-corrected chi connectivity index (χ0v) is 10.4. The van der Waals surface area contributed by atoms with Gasteiger partial charge in [0.25, 0.3) is 0 Å². The first-order valence-corrected chi connectivity index (χ1v) is 6.04. The van der Waals surface area contributed by atoms with Gasteiger partial charge < -0.3 is 10.1 Å². The molecular formula is C13H16F3NO. The van der Waals surface area contributed by atoms with Crippen molar-refractivity contribution in [2.75, 3.05) is 11.9 Å². The highest BCUT2D eigenvalue weighted by molar-refractivity contribution is 5.62. The van der Waals surface area contributed by atoms with Crippen molar-refractivity contribution in [2.45, 2.75) is 38.5 Å². The molecule has 0 spiro atoms. The molecule has 100 valence electrons. The van der Waals surface area contributed by atoms with Crippen molar-refractivity contribution in [1.82, 2.24) is 0 Å². The van der Waals surface area contributed by atoms with Gasteiger partial charge in [0.05, 0.1) is 0 Å². The molecule has 5 heteroatoms. The fourth-order valence-corrected chi connectivity index (χ4v) is 2.55. The summed E-state index contributed by atoms with van der Waals surface area (Å²) in [5, 5.41) is 3.25. The van der Waals surface area contributed by atoms with Gasteiger partial charge in [-0.05, 0) is 36.6 Å². The molecule has 0 atom stereocenters. The van der Waals surface area contributed by atoms with E-state index in [2.05, 4.69) is 23.9 Å². The summed E-state index contributed by atoms with van der Waals surface area (Å²) in [6, 6.07) is 4.51. The standard InChI is InChI=1S/C13H16F3NO/c1-3-12(4-2)8-17-11-6-5-9(7-10(11)12)18-13(14,15)16/h5-7,17H,3-4,8H2,1-2H3. The lowest BCUT2D eigenvalue weighted by atomic mass is 9.77. The molecular weight excluding hydrogens is 243 g/mol. The number of hydrogen-bond donors (Lipinski definition) is 1. The van der Waals surface area contributed by atoms with Crippen molar-refractivity contribution in [2.24, 2.45) is 0 Å². The second kappa shape index (κ2) is 4.37. The van der Waals surface area contributed by atoms with E-state index in [1.807, 2.05) is 0 Å². The zero-order valence-electron chi connectivity index (χ0n) is 10.4. The topological polar surface area (TPSA) is 21.3 Å². The maximum absolute atomic E-state index is 12.2. The first-order chi connectivity index (χ1) is 8.40. The molecule has 1 N–H and O–H groups in total. The predicted molar refractivity (Wildman–Crippen MR) is 63.9 cm³/mol. The van der Waals surface area contributed by atoms with Gasteiger partial charge in [0.15, 0.2) is 0 Å². The van der Waals surface area contributed by atoms with E-state index in [-0.39, 0.29) is 11.2 Å². The molecule has 0 unspecified atom stereocenters. The van der Waals surface area contributed by atoms with Crippen molar-refractivity contribution in [1.29, 1.82) is 0 Å². The lowest BCUT2D eigenvalue weighted by Gasteiger charge is -2.26. The molecule has 0 aromatic heterocycles. The molecule has 0 saturated heterocycles. The molecule has 0 fully saturated rings. The third-order valence-electron chi connectivity index (χ3n) is 3.77. The molecule has 0 saturated carbocycles. The third kappa shape index (κ3) is 2.26. The van der Waals surface area contributed by atoms with Crippen LogP contribution in [0.5, 0.6) is 5.75 Å². The molecule has 1 aliphatic rings. The van der Waals surface area contributed by atoms with E-state index >= 15 is 0 Å². The SMILES string of the molecule is CCC1(CC)CNc2ccc(OC(F)(F)F)cc21. The van der Waals surface area contributed by atoms with Crippen LogP contribution in [0.3, 0.4) is 0 Å². The second-order valence-electron chi connectivity index (χ2n) is 4.60. The van der Waals surface area contributed by atoms with Crippen molar-refractivity contribution in [3.8, 4) is 5.75 Å². The van der Waals surface area contributed by atoms with Gasteiger partial charge in [-0.1, -0.05) is 13.8 Å². The normalized spacial score (nSPS) is 17.2. The van der Waals surface area contributed by atoms with Gasteiger partial charge in [-0.3, -0.25) is 0 Å². The number of alkyl halides is 3. The number of rotatable bonds is 3. The van der Waals surface area contributed by atoms with Crippen LogP contribution in [0.4, 0.5) is 18.9 Å². The highest BCUT2D eigenvalue weighted by atomic mass is 19.4. The Morgan fingerprint density at radius 2 is 1.94 bits per heavy atom. The summed E-state index contributed by atoms with van der Waals surface area (Å²) in [7, 11) is 0. The third-order valence-corrected chi connectivity index (χ3v) is 3.77. The summed E-state index contributed by atoms with van der Waals surface area (Å²) in [5.74, 6) is -0.142. The van der Waals surface area contributed by atoms with Gasteiger partial charge in [-0.2, -0.15) is 0 Å². The molecule has 1 heterocycles. The number of hydrogen-bond acceptors (Lipinski definition) is 2. The number of nitrogens with one attached hydrogen (secondary N) is 1. The second-order valence-corrected chi connectivity index (χ2v) is 4.60. The van der Waals surface area contributed by atoms with Gasteiger partial charge in [-0.25, -0.2) is 0 Å². The Kier molecular flexibility index (Phi) is 3.17. The van der Waals surface area contributed by atoms with Crippen molar-refractivity contribution in [3.05, 3.63) is 23.8 Å². The smallest absolute Gasteiger partial charge is 0.406 e. The number of halogens is 3. The van der Waals surface area contributed by atoms with Gasteiger partial charge >= 0.3 is 6.36 Å². The summed E-state index contributed by atoms with van der Waals surface area (Å²) in [4.78, 5) is 0. The number of anilines is 1. The van der Waals surface area contributed by atoms with Crippen molar-refractivity contribution < 1.29 is 17.9 Å². The average molecular weight is 259 g/mol. The van der Waals surface area contributed by atoms with E-state index in [1.165, 1.54) is 12.1 Å². The first kappa shape index (κ1) is 13.1. The van der Waals surface area contributed by atoms with E-state index in [1.54, 1.807) is 6.07 Å². The van der Waals surface area contributed by atoms with Crippen LogP contribution in [-0.4, -0.2) is 12.9 Å². The van der Waals surface area contributed by atoms with Crippen LogP contribution in [0, 0.1) is 0 Å². The first-order valence-electron chi connectivity index (χ1n) is 6.04. The quantitative estimate of drug-likeness (QED) is 0.883. The van der Waals surface area contributed by atoms with E-state index in [0.29, 0.717) is 0 Å². The maximum Gasteiger partial charge on any atom is 0.573 e. The van der Waals surface area contributed by atoms with Gasteiger partial charge in [0.2, 0.25) is 0 Å². The minimum atomic E-state index is -4.64. The van der Waals surface area contributed by atoms with E-state index in [9.17, 15) is 13.2 Å². The Morgan fingerprint density at radius 3 is 2.50 bits per heavy atom. The summed E-state index contributed by atoms with van der Waals surface area (Å²) in [6.07, 6.45) is -2.86. The maximum atomic E-state index is 12.2. The van der Waals surface area contributed by atoms with Crippen molar-refractivity contribution >= 4 is 5.69 Å². The largest absolute Gasteiger partial charge is 0.573 e. The number of ether oxygens (including phenoxy) is 1. The highest BCUT2D eigenvalue weighted by Crippen LogP contribution is 2.43. The number of fused-ring (bicyclic) bond motifs is 1. The Morgan fingerprint density at radius 1 is 1.28 bits per heavy atom. The van der Waals surface area contributed by atoms with Gasteiger partial charge in [0.1, 0.15) is 5.75 Å². The minimum absolute atomic E-state index is 0.0830. The molecule has 1 aromatic rings. The van der Waals surface area contributed by atoms with Crippen LogP contribution < -0.4 is 10.1 Å². The molecule has 18 heavy (non-hydrogen) atoms. The van der Waals surface area contributed by atoms with E-state index < -0.39 is 6.36 Å². The highest BCUT2D eigenvalue weighted by Gasteiger charge is 2.37. The predicted octanol–water partition coefficient (Wildman–Crippen LogP) is 4.07. The molecule has 1 aliphatic heterocycles. The Balaban J connectivity index is 2.36. The van der Waals surface area contributed by atoms with Gasteiger partial charge in [0, 0.05) is 17.6 Å². The Hall–Kier alpha value is -1.39. The molecule has 2 nitrogen and oxygen atoms in total. The lowest BCUT2D eigenvalue weighted by Crippen LogP contribution is -2.26. The van der Waals surface area contributed by atoms with Crippen LogP contribution in [-0.2, 0) is 5.41 Å². The molecule has 0 amide bonds. The summed E-state index contributed by atoms with van der Waals surface area (Å²) >= 11 is 0. The van der Waals surface area contributed by atoms with Crippen LogP contribution in [0.2, 0.25) is 0 Å². The summed E-state index contributed by atoms with van der Waals surface area (Å²) in [6.45, 7) is 4.87. The molecule has 0 bridgehead atoms. The fourth-order valence-electron chi connectivity index (χ4n) is 2.55. The number of benzene rings is 1. The minimum Gasteiger partial charge on any atom is -0.406 e. The molecule has 0 radical (unpaired) electrons. The van der Waals surface area contributed by atoms with Crippen LogP contribution >= 0.6 is 0 Å². The monoisotopic (exact) mass is 259 g/mol. The lowest BCUT2D eigenvalue weighted by molar-refractivity contribution is -0.274. The zero-order chi connectivity index (χ0) is 13.4. The van der Waals surface area contributed by atoms with Crippen LogP contribution in [0.15, 0.2) is 18.2 Å². The summed E-state index contributed by atoms with van der Waals surface area (Å²) < 4.78 is 40.6. The Labute approximate surface area is 104 Å². The molecule has 2 rings (SSSR count). The Bertz CT molecular complexity index is 438. The molecule has 1 aromatic carbocycles. The summed E-state index contributed by atoms with van der Waals surface area (Å²) in [5.41, 5.74) is 1.75. The van der Waals surface area contributed by atoms with Crippen LogP contribution in [0.1, 0.15) is 32.3 Å². The molecule has 0 aliphatic carbocycles. The van der Waals surface area contributed by atoms with Gasteiger partial charge in [-0.15, -0.1) is 13.2 Å². The fraction of sp³-hybridized carbons (Fsp3) is 0.538. The van der Waals surface area contributed by atoms with Crippen molar-refractivity contribution in [3.63, 3.8) is 0 Å². The van der Waals surface area contributed by atoms with E-state index in [4.69, 9.17) is 0 Å². The average Bonchev–Trinajstić information content (AvgIpc) is 2.66.